The minimum absolute atomic E-state index is 0.475. The number of rotatable bonds is 6. The third kappa shape index (κ3) is 3.39. The third-order valence-electron chi connectivity index (χ3n) is 3.04. The number of benzene rings is 1. The second kappa shape index (κ2) is 6.31. The maximum atomic E-state index is 5.58. The molecule has 2 rings (SSSR count). The molecule has 1 aromatic carbocycles. The van der Waals surface area contributed by atoms with Crippen LogP contribution in [0.5, 0.6) is 0 Å². The summed E-state index contributed by atoms with van der Waals surface area (Å²) < 4.78 is 5.58. The van der Waals surface area contributed by atoms with E-state index in [0.717, 1.165) is 25.2 Å². The highest BCUT2D eigenvalue weighted by Crippen LogP contribution is 2.31. The summed E-state index contributed by atoms with van der Waals surface area (Å²) in [5.74, 6) is 1.12. The van der Waals surface area contributed by atoms with Gasteiger partial charge in [-0.1, -0.05) is 19.1 Å². The van der Waals surface area contributed by atoms with Crippen LogP contribution in [0.25, 0.3) is 0 Å². The standard InChI is InChI=1S/C14H21NOS/c1-3-16-12-9-11(10-12)15-13-7-5-6-8-14(13)17-4-2/h5-8,11-12,15H,3-4,9-10H2,1-2H3. The lowest BCUT2D eigenvalue weighted by Crippen LogP contribution is -2.40. The number of nitrogens with one attached hydrogen (secondary N) is 1. The molecule has 1 N–H and O–H groups in total. The van der Waals surface area contributed by atoms with Gasteiger partial charge in [-0.3, -0.25) is 0 Å². The van der Waals surface area contributed by atoms with Crippen LogP contribution in [0.2, 0.25) is 0 Å². The minimum atomic E-state index is 0.475. The lowest BCUT2D eigenvalue weighted by Gasteiger charge is -2.36. The van der Waals surface area contributed by atoms with Crippen molar-refractivity contribution in [1.82, 2.24) is 0 Å². The highest BCUT2D eigenvalue weighted by atomic mass is 32.2. The first kappa shape index (κ1) is 12.8. The first-order chi connectivity index (χ1) is 8.33. The third-order valence-corrected chi connectivity index (χ3v) is 4.00. The van der Waals surface area contributed by atoms with Gasteiger partial charge in [-0.05, 0) is 37.7 Å². The molecule has 1 fully saturated rings. The number of thioether (sulfide) groups is 1. The number of anilines is 1. The summed E-state index contributed by atoms with van der Waals surface area (Å²) in [7, 11) is 0. The molecule has 1 aliphatic carbocycles. The highest BCUT2D eigenvalue weighted by Gasteiger charge is 2.29. The molecule has 17 heavy (non-hydrogen) atoms. The van der Waals surface area contributed by atoms with E-state index in [4.69, 9.17) is 4.74 Å². The summed E-state index contributed by atoms with van der Waals surface area (Å²) in [6.07, 6.45) is 2.75. The second-order valence-corrected chi connectivity index (χ2v) is 5.63. The van der Waals surface area contributed by atoms with Crippen molar-refractivity contribution in [3.8, 4) is 0 Å². The molecule has 0 atom stereocenters. The molecule has 0 aliphatic heterocycles. The van der Waals surface area contributed by atoms with Crippen molar-refractivity contribution >= 4 is 17.4 Å². The molecule has 94 valence electrons. The zero-order valence-corrected chi connectivity index (χ0v) is 11.4. The molecule has 2 nitrogen and oxygen atoms in total. The van der Waals surface area contributed by atoms with E-state index in [1.165, 1.54) is 10.6 Å². The Hall–Kier alpha value is -0.670. The Morgan fingerprint density at radius 3 is 2.76 bits per heavy atom. The van der Waals surface area contributed by atoms with Gasteiger partial charge in [0, 0.05) is 23.2 Å². The summed E-state index contributed by atoms with van der Waals surface area (Å²) in [4.78, 5) is 1.36. The van der Waals surface area contributed by atoms with Crippen LogP contribution in [0.3, 0.4) is 0 Å². The molecule has 0 bridgehead atoms. The van der Waals surface area contributed by atoms with Gasteiger partial charge in [-0.15, -0.1) is 11.8 Å². The largest absolute Gasteiger partial charge is 0.381 e. The van der Waals surface area contributed by atoms with Gasteiger partial charge in [0.1, 0.15) is 0 Å². The average molecular weight is 251 g/mol. The van der Waals surface area contributed by atoms with Crippen molar-refractivity contribution in [2.24, 2.45) is 0 Å². The Labute approximate surface area is 108 Å². The van der Waals surface area contributed by atoms with Crippen molar-refractivity contribution in [3.63, 3.8) is 0 Å². The van der Waals surface area contributed by atoms with Crippen LogP contribution in [0.4, 0.5) is 5.69 Å². The molecule has 1 aliphatic rings. The maximum absolute atomic E-state index is 5.58. The number of para-hydroxylation sites is 1. The molecule has 0 amide bonds. The fourth-order valence-corrected chi connectivity index (χ4v) is 2.91. The first-order valence-electron chi connectivity index (χ1n) is 6.43. The predicted octanol–water partition coefficient (Wildman–Crippen LogP) is 3.78. The van der Waals surface area contributed by atoms with Gasteiger partial charge in [0.25, 0.3) is 0 Å². The van der Waals surface area contributed by atoms with Gasteiger partial charge in [-0.2, -0.15) is 0 Å². The summed E-state index contributed by atoms with van der Waals surface area (Å²) >= 11 is 1.90. The van der Waals surface area contributed by atoms with Crippen molar-refractivity contribution in [3.05, 3.63) is 24.3 Å². The zero-order chi connectivity index (χ0) is 12.1. The van der Waals surface area contributed by atoms with Crippen molar-refractivity contribution < 1.29 is 4.74 Å². The van der Waals surface area contributed by atoms with E-state index < -0.39 is 0 Å². The molecular weight excluding hydrogens is 230 g/mol. The van der Waals surface area contributed by atoms with Crippen molar-refractivity contribution in [1.29, 1.82) is 0 Å². The normalized spacial score (nSPS) is 23.2. The zero-order valence-electron chi connectivity index (χ0n) is 10.6. The van der Waals surface area contributed by atoms with Crippen LogP contribution in [0.1, 0.15) is 26.7 Å². The Morgan fingerprint density at radius 1 is 1.29 bits per heavy atom. The molecule has 0 radical (unpaired) electrons. The van der Waals surface area contributed by atoms with Gasteiger partial charge in [0.15, 0.2) is 0 Å². The molecule has 0 spiro atoms. The number of hydrogen-bond acceptors (Lipinski definition) is 3. The number of hydrogen-bond donors (Lipinski definition) is 1. The van der Waals surface area contributed by atoms with Gasteiger partial charge in [-0.25, -0.2) is 0 Å². The number of ether oxygens (including phenoxy) is 1. The Kier molecular flexibility index (Phi) is 4.75. The summed E-state index contributed by atoms with van der Waals surface area (Å²) in [6, 6.07) is 9.15. The monoisotopic (exact) mass is 251 g/mol. The Morgan fingerprint density at radius 2 is 2.06 bits per heavy atom. The smallest absolute Gasteiger partial charge is 0.0614 e. The molecule has 0 saturated heterocycles. The fourth-order valence-electron chi connectivity index (χ4n) is 2.14. The molecule has 0 heterocycles. The van der Waals surface area contributed by atoms with Crippen molar-refractivity contribution in [2.75, 3.05) is 17.7 Å². The highest BCUT2D eigenvalue weighted by molar-refractivity contribution is 7.99. The summed E-state index contributed by atoms with van der Waals surface area (Å²) in [6.45, 7) is 5.09. The molecular formula is C14H21NOS. The van der Waals surface area contributed by atoms with Crippen molar-refractivity contribution in [2.45, 2.75) is 43.7 Å². The minimum Gasteiger partial charge on any atom is -0.381 e. The molecule has 0 unspecified atom stereocenters. The second-order valence-electron chi connectivity index (χ2n) is 4.32. The van der Waals surface area contributed by atoms with E-state index >= 15 is 0 Å². The lowest BCUT2D eigenvalue weighted by molar-refractivity contribution is 0.00295. The van der Waals surface area contributed by atoms with Crippen LogP contribution in [-0.4, -0.2) is 24.5 Å². The van der Waals surface area contributed by atoms with Crippen LogP contribution in [0, 0.1) is 0 Å². The van der Waals surface area contributed by atoms with Crippen LogP contribution < -0.4 is 5.32 Å². The predicted molar refractivity (Wildman–Crippen MR) is 74.9 cm³/mol. The topological polar surface area (TPSA) is 21.3 Å². The van der Waals surface area contributed by atoms with Gasteiger partial charge < -0.3 is 10.1 Å². The molecule has 1 saturated carbocycles. The fraction of sp³-hybridized carbons (Fsp3) is 0.571. The average Bonchev–Trinajstić information content (AvgIpc) is 2.29. The van der Waals surface area contributed by atoms with Gasteiger partial charge in [0.2, 0.25) is 0 Å². The van der Waals surface area contributed by atoms with Crippen LogP contribution >= 0.6 is 11.8 Å². The van der Waals surface area contributed by atoms with Crippen LogP contribution in [-0.2, 0) is 4.74 Å². The van der Waals surface area contributed by atoms with E-state index in [2.05, 4.69) is 43.4 Å². The Balaban J connectivity index is 1.87. The van der Waals surface area contributed by atoms with E-state index in [9.17, 15) is 0 Å². The van der Waals surface area contributed by atoms with E-state index in [0.29, 0.717) is 12.1 Å². The lowest BCUT2D eigenvalue weighted by atomic mass is 9.89. The van der Waals surface area contributed by atoms with E-state index in [1.807, 2.05) is 11.8 Å². The molecule has 1 aromatic rings. The summed E-state index contributed by atoms with van der Waals surface area (Å²) in [5, 5.41) is 3.62. The van der Waals surface area contributed by atoms with Gasteiger partial charge in [0.05, 0.1) is 6.10 Å². The quantitative estimate of drug-likeness (QED) is 0.777. The SMILES string of the molecule is CCOC1CC(Nc2ccccc2SCC)C1. The van der Waals surface area contributed by atoms with E-state index in [-0.39, 0.29) is 0 Å². The molecule has 0 aromatic heterocycles. The summed E-state index contributed by atoms with van der Waals surface area (Å²) in [5.41, 5.74) is 1.28. The first-order valence-corrected chi connectivity index (χ1v) is 7.42. The van der Waals surface area contributed by atoms with E-state index in [1.54, 1.807) is 0 Å². The Bertz CT molecular complexity index is 350. The van der Waals surface area contributed by atoms with Crippen LogP contribution in [0.15, 0.2) is 29.2 Å². The maximum Gasteiger partial charge on any atom is 0.0614 e. The van der Waals surface area contributed by atoms with Gasteiger partial charge >= 0.3 is 0 Å². The molecule has 3 heteroatoms.